The fraction of sp³-hybridized carbons (Fsp3) is 0.533. The smallest absolute Gasteiger partial charge is 0.253 e. The minimum absolute atomic E-state index is 0.0367. The first-order valence-corrected chi connectivity index (χ1v) is 6.94. The summed E-state index contributed by atoms with van der Waals surface area (Å²) >= 11 is 0. The summed E-state index contributed by atoms with van der Waals surface area (Å²) in [6.07, 6.45) is 2.43. The van der Waals surface area contributed by atoms with Crippen LogP contribution in [0, 0.1) is 12.7 Å². The molecular formula is C15H19FN2O. The summed E-state index contributed by atoms with van der Waals surface area (Å²) in [5.41, 5.74) is 1.13. The van der Waals surface area contributed by atoms with Crippen molar-refractivity contribution in [1.29, 1.82) is 0 Å². The Morgan fingerprint density at radius 1 is 1.32 bits per heavy atom. The maximum atomic E-state index is 13.2. The molecule has 2 heterocycles. The first kappa shape index (κ1) is 12.6. The van der Waals surface area contributed by atoms with Gasteiger partial charge in [0.25, 0.3) is 5.91 Å². The van der Waals surface area contributed by atoms with E-state index < -0.39 is 0 Å². The molecule has 0 saturated carbocycles. The van der Waals surface area contributed by atoms with Crippen LogP contribution in [0.1, 0.15) is 28.8 Å². The average molecular weight is 262 g/mol. The Balaban J connectivity index is 1.74. The van der Waals surface area contributed by atoms with Crippen molar-refractivity contribution in [3.63, 3.8) is 0 Å². The molecule has 3 nitrogen and oxygen atoms in total. The van der Waals surface area contributed by atoms with Crippen LogP contribution in [0.3, 0.4) is 0 Å². The van der Waals surface area contributed by atoms with Crippen molar-refractivity contribution < 1.29 is 9.18 Å². The third kappa shape index (κ3) is 2.37. The standard InChI is InChI=1S/C15H19FN2O/c1-11-9-12(4-5-14(11)16)15(19)18-8-7-17-6-2-3-13(17)10-18/h4-5,9,13H,2-3,6-8,10H2,1H3. The Kier molecular flexibility index (Phi) is 3.27. The van der Waals surface area contributed by atoms with E-state index in [1.54, 1.807) is 19.1 Å². The van der Waals surface area contributed by atoms with Crippen molar-refractivity contribution in [2.24, 2.45) is 0 Å². The summed E-state index contributed by atoms with van der Waals surface area (Å²) in [6, 6.07) is 5.15. The van der Waals surface area contributed by atoms with Crippen LogP contribution in [0.15, 0.2) is 18.2 Å². The summed E-state index contributed by atoms with van der Waals surface area (Å²) in [6.45, 7) is 5.43. The molecule has 1 aromatic rings. The van der Waals surface area contributed by atoms with Crippen molar-refractivity contribution >= 4 is 5.91 Å². The molecule has 2 aliphatic heterocycles. The third-order valence-electron chi connectivity index (χ3n) is 4.28. The van der Waals surface area contributed by atoms with Gasteiger partial charge in [0.05, 0.1) is 0 Å². The molecule has 2 saturated heterocycles. The monoisotopic (exact) mass is 262 g/mol. The van der Waals surface area contributed by atoms with Crippen molar-refractivity contribution in [1.82, 2.24) is 9.80 Å². The lowest BCUT2D eigenvalue weighted by atomic mass is 10.1. The van der Waals surface area contributed by atoms with Gasteiger partial charge in [0.15, 0.2) is 0 Å². The topological polar surface area (TPSA) is 23.6 Å². The highest BCUT2D eigenvalue weighted by atomic mass is 19.1. The molecule has 19 heavy (non-hydrogen) atoms. The van der Waals surface area contributed by atoms with E-state index in [4.69, 9.17) is 0 Å². The summed E-state index contributed by atoms with van der Waals surface area (Å²) in [5.74, 6) is -0.216. The zero-order chi connectivity index (χ0) is 13.4. The molecule has 0 radical (unpaired) electrons. The Bertz CT molecular complexity index is 503. The van der Waals surface area contributed by atoms with Gasteiger partial charge in [-0.15, -0.1) is 0 Å². The summed E-state index contributed by atoms with van der Waals surface area (Å²) in [7, 11) is 0. The molecule has 3 rings (SSSR count). The van der Waals surface area contributed by atoms with E-state index in [2.05, 4.69) is 4.90 Å². The minimum Gasteiger partial charge on any atom is -0.336 e. The van der Waals surface area contributed by atoms with Crippen molar-refractivity contribution in [3.05, 3.63) is 35.1 Å². The molecular weight excluding hydrogens is 243 g/mol. The van der Waals surface area contributed by atoms with Gasteiger partial charge < -0.3 is 4.90 Å². The SMILES string of the molecule is Cc1cc(C(=O)N2CCN3CCCC3C2)ccc1F. The van der Waals surface area contributed by atoms with Gasteiger partial charge in [-0.1, -0.05) is 0 Å². The first-order chi connectivity index (χ1) is 9.15. The Hall–Kier alpha value is -1.42. The van der Waals surface area contributed by atoms with Gasteiger partial charge in [-0.2, -0.15) is 0 Å². The van der Waals surface area contributed by atoms with Crippen LogP contribution >= 0.6 is 0 Å². The molecule has 0 spiro atoms. The van der Waals surface area contributed by atoms with E-state index in [0.717, 1.165) is 19.6 Å². The Morgan fingerprint density at radius 2 is 2.16 bits per heavy atom. The number of amides is 1. The van der Waals surface area contributed by atoms with E-state index in [9.17, 15) is 9.18 Å². The van der Waals surface area contributed by atoms with Crippen molar-refractivity contribution in [2.75, 3.05) is 26.2 Å². The molecule has 1 unspecified atom stereocenters. The van der Waals surface area contributed by atoms with E-state index >= 15 is 0 Å². The van der Waals surface area contributed by atoms with Gasteiger partial charge in [0.1, 0.15) is 5.82 Å². The van der Waals surface area contributed by atoms with Crippen LogP contribution in [-0.2, 0) is 0 Å². The third-order valence-corrected chi connectivity index (χ3v) is 4.28. The quantitative estimate of drug-likeness (QED) is 0.773. The molecule has 1 aromatic carbocycles. The molecule has 2 fully saturated rings. The molecule has 0 aromatic heterocycles. The minimum atomic E-state index is -0.253. The number of hydrogen-bond donors (Lipinski definition) is 0. The lowest BCUT2D eigenvalue weighted by Gasteiger charge is -2.37. The average Bonchev–Trinajstić information content (AvgIpc) is 2.88. The molecule has 1 amide bonds. The highest BCUT2D eigenvalue weighted by molar-refractivity contribution is 5.94. The molecule has 0 N–H and O–H groups in total. The van der Waals surface area contributed by atoms with E-state index in [0.29, 0.717) is 17.2 Å². The van der Waals surface area contributed by atoms with Crippen LogP contribution in [0.5, 0.6) is 0 Å². The van der Waals surface area contributed by atoms with Gasteiger partial charge in [0, 0.05) is 31.2 Å². The lowest BCUT2D eigenvalue weighted by Crippen LogP contribution is -2.52. The fourth-order valence-corrected chi connectivity index (χ4v) is 3.14. The van der Waals surface area contributed by atoms with Crippen LogP contribution in [-0.4, -0.2) is 47.9 Å². The predicted molar refractivity (Wildman–Crippen MR) is 71.6 cm³/mol. The second-order valence-corrected chi connectivity index (χ2v) is 5.55. The number of carbonyl (C=O) groups is 1. The molecule has 102 valence electrons. The molecule has 4 heteroatoms. The second-order valence-electron chi connectivity index (χ2n) is 5.55. The first-order valence-electron chi connectivity index (χ1n) is 6.94. The second kappa shape index (κ2) is 4.93. The number of rotatable bonds is 1. The number of nitrogens with zero attached hydrogens (tertiary/aromatic N) is 2. The summed E-state index contributed by atoms with van der Waals surface area (Å²) < 4.78 is 13.2. The molecule has 1 atom stereocenters. The Morgan fingerprint density at radius 3 is 2.95 bits per heavy atom. The maximum Gasteiger partial charge on any atom is 0.253 e. The van der Waals surface area contributed by atoms with Gasteiger partial charge >= 0.3 is 0 Å². The largest absolute Gasteiger partial charge is 0.336 e. The summed E-state index contributed by atoms with van der Waals surface area (Å²) in [5, 5.41) is 0. The van der Waals surface area contributed by atoms with Gasteiger partial charge in [-0.25, -0.2) is 4.39 Å². The zero-order valence-electron chi connectivity index (χ0n) is 11.2. The molecule has 0 aliphatic carbocycles. The van der Waals surface area contributed by atoms with Crippen molar-refractivity contribution in [2.45, 2.75) is 25.8 Å². The lowest BCUT2D eigenvalue weighted by molar-refractivity contribution is 0.0571. The number of aryl methyl sites for hydroxylation is 1. The number of fused-ring (bicyclic) bond motifs is 1. The van der Waals surface area contributed by atoms with Crippen LogP contribution in [0.25, 0.3) is 0 Å². The molecule has 2 aliphatic rings. The van der Waals surface area contributed by atoms with Crippen LogP contribution in [0.4, 0.5) is 4.39 Å². The number of benzene rings is 1. The number of carbonyl (C=O) groups excluding carboxylic acids is 1. The van der Waals surface area contributed by atoms with Crippen molar-refractivity contribution in [3.8, 4) is 0 Å². The van der Waals surface area contributed by atoms with Gasteiger partial charge in [-0.05, 0) is 50.1 Å². The zero-order valence-corrected chi connectivity index (χ0v) is 11.2. The number of halogens is 1. The van der Waals surface area contributed by atoms with E-state index in [1.807, 2.05) is 4.90 Å². The molecule has 0 bridgehead atoms. The van der Waals surface area contributed by atoms with E-state index in [1.165, 1.54) is 25.5 Å². The Labute approximate surface area is 113 Å². The van der Waals surface area contributed by atoms with Crippen LogP contribution in [0.2, 0.25) is 0 Å². The maximum absolute atomic E-state index is 13.2. The normalized spacial score (nSPS) is 23.5. The van der Waals surface area contributed by atoms with E-state index in [-0.39, 0.29) is 11.7 Å². The summed E-state index contributed by atoms with van der Waals surface area (Å²) in [4.78, 5) is 16.8. The van der Waals surface area contributed by atoms with Gasteiger partial charge in [-0.3, -0.25) is 9.69 Å². The number of piperazine rings is 1. The highest BCUT2D eigenvalue weighted by Gasteiger charge is 2.32. The number of hydrogen-bond acceptors (Lipinski definition) is 2. The fourth-order valence-electron chi connectivity index (χ4n) is 3.14. The van der Waals surface area contributed by atoms with Gasteiger partial charge in [0.2, 0.25) is 0 Å². The highest BCUT2D eigenvalue weighted by Crippen LogP contribution is 2.22. The van der Waals surface area contributed by atoms with Crippen LogP contribution < -0.4 is 0 Å². The predicted octanol–water partition coefficient (Wildman–Crippen LogP) is 2.05.